The van der Waals surface area contributed by atoms with Crippen molar-refractivity contribution in [3.63, 3.8) is 0 Å². The quantitative estimate of drug-likeness (QED) is 0.576. The van der Waals surface area contributed by atoms with E-state index in [-0.39, 0.29) is 12.4 Å². The fourth-order valence-electron chi connectivity index (χ4n) is 1.67. The van der Waals surface area contributed by atoms with E-state index in [0.717, 1.165) is 17.4 Å². The van der Waals surface area contributed by atoms with E-state index in [2.05, 4.69) is 13.8 Å². The first-order valence-corrected chi connectivity index (χ1v) is 6.26. The van der Waals surface area contributed by atoms with Gasteiger partial charge in [-0.05, 0) is 24.5 Å². The first kappa shape index (κ1) is 12.8. The van der Waals surface area contributed by atoms with Gasteiger partial charge in [-0.15, -0.1) is 0 Å². The van der Waals surface area contributed by atoms with Gasteiger partial charge in [0, 0.05) is 12.0 Å². The van der Waals surface area contributed by atoms with Crippen molar-refractivity contribution in [2.75, 3.05) is 13.2 Å². The molecule has 2 rings (SSSR count). The number of carbonyl (C=O) groups excluding carboxylic acids is 1. The van der Waals surface area contributed by atoms with E-state index < -0.39 is 0 Å². The highest BCUT2D eigenvalue weighted by Crippen LogP contribution is 2.19. The van der Waals surface area contributed by atoms with E-state index in [0.29, 0.717) is 18.3 Å². The van der Waals surface area contributed by atoms with Crippen molar-refractivity contribution in [1.29, 1.82) is 0 Å². The first-order valence-electron chi connectivity index (χ1n) is 6.26. The van der Waals surface area contributed by atoms with Crippen LogP contribution in [0.1, 0.15) is 30.8 Å². The molecular weight excluding hydrogens is 228 g/mol. The molecule has 1 aromatic heterocycles. The van der Waals surface area contributed by atoms with Crippen molar-refractivity contribution >= 4 is 16.8 Å². The third-order valence-electron chi connectivity index (χ3n) is 2.77. The van der Waals surface area contributed by atoms with Gasteiger partial charge in [0.1, 0.15) is 12.2 Å². The number of carbonyl (C=O) groups is 1. The standard InChI is InChI=1S/C15H18O3/c1-11(2)7-8-17-10-13(16)15-9-12-5-3-4-6-14(12)18-15/h3-6,9,11H,7-8,10H2,1-2H3. The van der Waals surface area contributed by atoms with Gasteiger partial charge in [0.05, 0.1) is 0 Å². The van der Waals surface area contributed by atoms with Gasteiger partial charge in [-0.25, -0.2) is 0 Å². The molecule has 3 heteroatoms. The molecule has 0 aliphatic heterocycles. The average Bonchev–Trinajstić information content (AvgIpc) is 2.78. The third kappa shape index (κ3) is 3.20. The van der Waals surface area contributed by atoms with Crippen LogP contribution >= 0.6 is 0 Å². The molecule has 0 fully saturated rings. The minimum Gasteiger partial charge on any atom is -0.453 e. The highest BCUT2D eigenvalue weighted by Gasteiger charge is 2.12. The lowest BCUT2D eigenvalue weighted by molar-refractivity contribution is 0.0715. The maximum atomic E-state index is 11.8. The summed E-state index contributed by atoms with van der Waals surface area (Å²) < 4.78 is 10.8. The number of rotatable bonds is 6. The molecular formula is C15H18O3. The number of benzene rings is 1. The molecule has 0 amide bonds. The number of furan rings is 1. The van der Waals surface area contributed by atoms with Gasteiger partial charge in [0.25, 0.3) is 0 Å². The Morgan fingerprint density at radius 3 is 2.83 bits per heavy atom. The zero-order valence-corrected chi connectivity index (χ0v) is 10.8. The van der Waals surface area contributed by atoms with Gasteiger partial charge < -0.3 is 9.15 Å². The highest BCUT2D eigenvalue weighted by molar-refractivity contribution is 5.98. The van der Waals surface area contributed by atoms with Crippen LogP contribution in [-0.4, -0.2) is 19.0 Å². The van der Waals surface area contributed by atoms with Crippen molar-refractivity contribution in [3.05, 3.63) is 36.1 Å². The molecule has 0 radical (unpaired) electrons. The normalized spacial score (nSPS) is 11.3. The summed E-state index contributed by atoms with van der Waals surface area (Å²) in [5.74, 6) is 0.863. The summed E-state index contributed by atoms with van der Waals surface area (Å²) in [5, 5.41) is 0.947. The smallest absolute Gasteiger partial charge is 0.223 e. The van der Waals surface area contributed by atoms with Gasteiger partial charge in [-0.1, -0.05) is 32.0 Å². The van der Waals surface area contributed by atoms with E-state index >= 15 is 0 Å². The van der Waals surface area contributed by atoms with Crippen LogP contribution in [0.5, 0.6) is 0 Å². The summed E-state index contributed by atoms with van der Waals surface area (Å²) >= 11 is 0. The Hall–Kier alpha value is -1.61. The molecule has 0 aliphatic rings. The monoisotopic (exact) mass is 246 g/mol. The zero-order valence-electron chi connectivity index (χ0n) is 10.8. The Bertz CT molecular complexity index is 492. The number of para-hydroxylation sites is 1. The van der Waals surface area contributed by atoms with Crippen molar-refractivity contribution < 1.29 is 13.9 Å². The van der Waals surface area contributed by atoms with Crippen LogP contribution in [0.15, 0.2) is 34.7 Å². The fraction of sp³-hybridized carbons (Fsp3) is 0.400. The summed E-state index contributed by atoms with van der Waals surface area (Å²) in [7, 11) is 0. The average molecular weight is 246 g/mol. The molecule has 0 unspecified atom stereocenters. The second-order valence-electron chi connectivity index (χ2n) is 4.81. The molecule has 0 saturated carbocycles. The molecule has 0 saturated heterocycles. The lowest BCUT2D eigenvalue weighted by atomic mass is 10.1. The summed E-state index contributed by atoms with van der Waals surface area (Å²) in [6.45, 7) is 4.96. The van der Waals surface area contributed by atoms with Gasteiger partial charge in [0.2, 0.25) is 5.78 Å². The molecule has 0 atom stereocenters. The number of hydrogen-bond donors (Lipinski definition) is 0. The largest absolute Gasteiger partial charge is 0.453 e. The second-order valence-corrected chi connectivity index (χ2v) is 4.81. The summed E-state index contributed by atoms with van der Waals surface area (Å²) in [6.07, 6.45) is 0.966. The summed E-state index contributed by atoms with van der Waals surface area (Å²) in [6, 6.07) is 9.36. The molecule has 0 aliphatic carbocycles. The summed E-state index contributed by atoms with van der Waals surface area (Å²) in [5.41, 5.74) is 0.739. The van der Waals surface area contributed by atoms with Crippen LogP contribution in [0.2, 0.25) is 0 Å². The number of Topliss-reactive ketones (excluding diaryl/α,β-unsaturated/α-hetero) is 1. The van der Waals surface area contributed by atoms with Crippen LogP contribution < -0.4 is 0 Å². The molecule has 0 N–H and O–H groups in total. The molecule has 1 aromatic carbocycles. The minimum absolute atomic E-state index is 0.0898. The maximum Gasteiger partial charge on any atom is 0.223 e. The summed E-state index contributed by atoms with van der Waals surface area (Å²) in [4.78, 5) is 11.8. The van der Waals surface area contributed by atoms with Crippen LogP contribution in [0, 0.1) is 5.92 Å². The van der Waals surface area contributed by atoms with E-state index in [4.69, 9.17) is 9.15 Å². The van der Waals surface area contributed by atoms with E-state index in [1.165, 1.54) is 0 Å². The predicted octanol–water partition coefficient (Wildman–Crippen LogP) is 3.68. The molecule has 96 valence electrons. The highest BCUT2D eigenvalue weighted by atomic mass is 16.5. The Balaban J connectivity index is 1.92. The molecule has 2 aromatic rings. The lowest BCUT2D eigenvalue weighted by Crippen LogP contribution is -2.09. The van der Waals surface area contributed by atoms with E-state index in [9.17, 15) is 4.79 Å². The molecule has 1 heterocycles. The predicted molar refractivity (Wildman–Crippen MR) is 70.8 cm³/mol. The topological polar surface area (TPSA) is 39.4 Å². The molecule has 0 spiro atoms. The van der Waals surface area contributed by atoms with Crippen LogP contribution in [0.3, 0.4) is 0 Å². The second kappa shape index (κ2) is 5.83. The van der Waals surface area contributed by atoms with Gasteiger partial charge in [-0.2, -0.15) is 0 Å². The number of ether oxygens (including phenoxy) is 1. The minimum atomic E-state index is -0.102. The number of hydrogen-bond acceptors (Lipinski definition) is 3. The van der Waals surface area contributed by atoms with Crippen molar-refractivity contribution in [2.24, 2.45) is 5.92 Å². The first-order chi connectivity index (χ1) is 8.66. The van der Waals surface area contributed by atoms with Crippen molar-refractivity contribution in [1.82, 2.24) is 0 Å². The third-order valence-corrected chi connectivity index (χ3v) is 2.77. The van der Waals surface area contributed by atoms with E-state index in [1.807, 2.05) is 24.3 Å². The zero-order chi connectivity index (χ0) is 13.0. The Morgan fingerprint density at radius 2 is 2.11 bits per heavy atom. The van der Waals surface area contributed by atoms with Crippen LogP contribution in [-0.2, 0) is 4.74 Å². The Labute approximate surface area is 107 Å². The number of ketones is 1. The molecule has 3 nitrogen and oxygen atoms in total. The van der Waals surface area contributed by atoms with Gasteiger partial charge in [-0.3, -0.25) is 4.79 Å². The van der Waals surface area contributed by atoms with Crippen molar-refractivity contribution in [3.8, 4) is 0 Å². The van der Waals surface area contributed by atoms with E-state index in [1.54, 1.807) is 6.07 Å². The Kier molecular flexibility index (Phi) is 4.15. The van der Waals surface area contributed by atoms with Crippen molar-refractivity contribution in [2.45, 2.75) is 20.3 Å². The Morgan fingerprint density at radius 1 is 1.33 bits per heavy atom. The van der Waals surface area contributed by atoms with Crippen LogP contribution in [0.4, 0.5) is 0 Å². The van der Waals surface area contributed by atoms with Gasteiger partial charge >= 0.3 is 0 Å². The molecule has 0 bridgehead atoms. The van der Waals surface area contributed by atoms with Crippen LogP contribution in [0.25, 0.3) is 11.0 Å². The number of fused-ring (bicyclic) bond motifs is 1. The fourth-order valence-corrected chi connectivity index (χ4v) is 1.67. The van der Waals surface area contributed by atoms with Gasteiger partial charge in [0.15, 0.2) is 5.76 Å². The lowest BCUT2D eigenvalue weighted by Gasteiger charge is -2.04. The SMILES string of the molecule is CC(C)CCOCC(=O)c1cc2ccccc2o1. The molecule has 18 heavy (non-hydrogen) atoms. The maximum absolute atomic E-state index is 11.8.